The van der Waals surface area contributed by atoms with Crippen molar-refractivity contribution in [1.82, 2.24) is 19.1 Å². The van der Waals surface area contributed by atoms with Crippen molar-refractivity contribution in [2.24, 2.45) is 0 Å². The van der Waals surface area contributed by atoms with Gasteiger partial charge in [0.05, 0.1) is 38.8 Å². The highest BCUT2D eigenvalue weighted by atomic mass is 32.1. The van der Waals surface area contributed by atoms with Crippen LogP contribution in [0.25, 0.3) is 120 Å². The number of aromatic nitrogens is 4. The second-order valence-electron chi connectivity index (χ2n) is 14.5. The Bertz CT molecular complexity index is 3620. The summed E-state index contributed by atoms with van der Waals surface area (Å²) in [6.07, 6.45) is 0. The molecular formula is C50H28N4S. The highest BCUT2D eigenvalue weighted by Crippen LogP contribution is 2.52. The summed E-state index contributed by atoms with van der Waals surface area (Å²) in [6, 6.07) is 61.6. The Morgan fingerprint density at radius 2 is 1.05 bits per heavy atom. The van der Waals surface area contributed by atoms with Crippen molar-refractivity contribution in [1.29, 1.82) is 0 Å². The molecule has 0 atom stereocenters. The maximum Gasteiger partial charge on any atom is 0.165 e. The molecule has 0 radical (unpaired) electrons. The zero-order chi connectivity index (χ0) is 35.8. The van der Waals surface area contributed by atoms with Gasteiger partial charge in [-0.2, -0.15) is 0 Å². The van der Waals surface area contributed by atoms with Crippen LogP contribution in [0.1, 0.15) is 0 Å². The van der Waals surface area contributed by atoms with Gasteiger partial charge >= 0.3 is 0 Å². The van der Waals surface area contributed by atoms with Gasteiger partial charge < -0.3 is 4.57 Å². The molecule has 4 aromatic heterocycles. The number of nitrogens with zero attached hydrogens (tertiary/aromatic N) is 4. The lowest BCUT2D eigenvalue weighted by Gasteiger charge is -2.15. The van der Waals surface area contributed by atoms with Crippen LogP contribution in [0.5, 0.6) is 0 Å². The van der Waals surface area contributed by atoms with E-state index in [-0.39, 0.29) is 0 Å². The van der Waals surface area contributed by atoms with Crippen LogP contribution in [-0.4, -0.2) is 19.1 Å². The molecule has 55 heavy (non-hydrogen) atoms. The third kappa shape index (κ3) is 3.89. The summed E-state index contributed by atoms with van der Waals surface area (Å²) in [4.78, 5) is 11.0. The molecule has 0 amide bonds. The molecule has 0 N–H and O–H groups in total. The zero-order valence-electron chi connectivity index (χ0n) is 29.4. The molecule has 0 bridgehead atoms. The van der Waals surface area contributed by atoms with E-state index in [1.165, 1.54) is 80.7 Å². The van der Waals surface area contributed by atoms with Gasteiger partial charge in [0.25, 0.3) is 0 Å². The van der Waals surface area contributed by atoms with Crippen LogP contribution in [0, 0.1) is 0 Å². The molecule has 12 aromatic rings. The summed E-state index contributed by atoms with van der Waals surface area (Å²) in [5.41, 5.74) is 14.4. The Morgan fingerprint density at radius 1 is 0.418 bits per heavy atom. The second-order valence-corrected chi connectivity index (χ2v) is 15.6. The minimum atomic E-state index is 0.823. The van der Waals surface area contributed by atoms with E-state index in [0.717, 1.165) is 39.1 Å². The van der Waals surface area contributed by atoms with E-state index >= 15 is 0 Å². The summed E-state index contributed by atoms with van der Waals surface area (Å²) in [5, 5.41) is 7.36. The Hall–Kier alpha value is -7.08. The van der Waals surface area contributed by atoms with E-state index in [4.69, 9.17) is 9.97 Å². The van der Waals surface area contributed by atoms with E-state index in [2.05, 4.69) is 173 Å². The van der Waals surface area contributed by atoms with Crippen molar-refractivity contribution < 1.29 is 0 Å². The van der Waals surface area contributed by atoms with Crippen molar-refractivity contribution in [2.45, 2.75) is 0 Å². The summed E-state index contributed by atoms with van der Waals surface area (Å²) >= 11 is 1.84. The lowest BCUT2D eigenvalue weighted by atomic mass is 9.91. The molecule has 254 valence electrons. The van der Waals surface area contributed by atoms with Gasteiger partial charge in [-0.05, 0) is 65.7 Å². The molecule has 0 fully saturated rings. The number of para-hydroxylation sites is 5. The first-order chi connectivity index (χ1) is 27.3. The number of fused-ring (bicyclic) bond motifs is 16. The maximum atomic E-state index is 5.53. The van der Waals surface area contributed by atoms with Crippen LogP contribution in [-0.2, 0) is 0 Å². The highest BCUT2D eigenvalue weighted by Gasteiger charge is 2.29. The summed E-state index contributed by atoms with van der Waals surface area (Å²) in [5.74, 6) is 0.823. The van der Waals surface area contributed by atoms with Gasteiger partial charge in [-0.3, -0.25) is 4.57 Å². The fourth-order valence-electron chi connectivity index (χ4n) is 9.36. The van der Waals surface area contributed by atoms with Gasteiger partial charge in [0.15, 0.2) is 5.82 Å². The van der Waals surface area contributed by atoms with E-state index in [0.29, 0.717) is 0 Å². The second kappa shape index (κ2) is 10.8. The van der Waals surface area contributed by atoms with E-state index in [1.807, 2.05) is 17.4 Å². The molecule has 8 aromatic carbocycles. The first kappa shape index (κ1) is 29.4. The third-order valence-electron chi connectivity index (χ3n) is 11.6. The average molecular weight is 717 g/mol. The molecule has 13 rings (SSSR count). The number of rotatable bonds is 2. The van der Waals surface area contributed by atoms with E-state index in [9.17, 15) is 0 Å². The molecule has 0 saturated heterocycles. The largest absolute Gasteiger partial charge is 0.308 e. The standard InChI is InChI=1S/C50H28N4S/c1-2-17-34-30(13-1)31-14-3-9-21-40(31)53-41-22-10-4-15-32(41)37-28-43-46(47(34)49(37)53)35-18-5-11-23-42(35)54(43)50-48(51-38-19-7-8-20-39(38)52-50)29-25-26-45-36(27-29)33-16-6-12-24-44(33)55-45/h1-28H. The summed E-state index contributed by atoms with van der Waals surface area (Å²) < 4.78 is 7.45. The fraction of sp³-hybridized carbons (Fsp3) is 0. The van der Waals surface area contributed by atoms with Gasteiger partial charge in [0.2, 0.25) is 0 Å². The van der Waals surface area contributed by atoms with Gasteiger partial charge in [0, 0.05) is 58.4 Å². The van der Waals surface area contributed by atoms with Crippen molar-refractivity contribution in [3.8, 4) is 45.0 Å². The summed E-state index contributed by atoms with van der Waals surface area (Å²) in [7, 11) is 0. The van der Waals surface area contributed by atoms with Crippen molar-refractivity contribution in [3.63, 3.8) is 0 Å². The third-order valence-corrected chi connectivity index (χ3v) is 12.8. The lowest BCUT2D eigenvalue weighted by molar-refractivity contribution is 1.08. The van der Waals surface area contributed by atoms with Gasteiger partial charge in [-0.25, -0.2) is 9.97 Å². The molecule has 1 aliphatic heterocycles. The van der Waals surface area contributed by atoms with E-state index < -0.39 is 0 Å². The molecule has 0 spiro atoms. The molecule has 4 nitrogen and oxygen atoms in total. The Morgan fingerprint density at radius 3 is 1.91 bits per heavy atom. The van der Waals surface area contributed by atoms with Crippen LogP contribution < -0.4 is 0 Å². The first-order valence-corrected chi connectivity index (χ1v) is 19.5. The Balaban J connectivity index is 1.23. The molecule has 0 unspecified atom stereocenters. The number of thiophene rings is 1. The number of hydrogen-bond donors (Lipinski definition) is 0. The van der Waals surface area contributed by atoms with Crippen molar-refractivity contribution >= 4 is 86.2 Å². The monoisotopic (exact) mass is 716 g/mol. The van der Waals surface area contributed by atoms with Crippen LogP contribution >= 0.6 is 11.3 Å². The van der Waals surface area contributed by atoms with Gasteiger partial charge in [-0.15, -0.1) is 11.3 Å². The molecule has 5 heterocycles. The van der Waals surface area contributed by atoms with Crippen LogP contribution in [0.15, 0.2) is 170 Å². The Kier molecular flexibility index (Phi) is 5.74. The number of benzene rings is 8. The zero-order valence-corrected chi connectivity index (χ0v) is 30.2. The fourth-order valence-corrected chi connectivity index (χ4v) is 10.4. The smallest absolute Gasteiger partial charge is 0.165 e. The summed E-state index contributed by atoms with van der Waals surface area (Å²) in [6.45, 7) is 0. The van der Waals surface area contributed by atoms with Crippen molar-refractivity contribution in [2.75, 3.05) is 0 Å². The van der Waals surface area contributed by atoms with Crippen LogP contribution in [0.2, 0.25) is 0 Å². The SMILES string of the molecule is c1ccc2c(c1)-c1ccccc1-n1c3ccccc3c3cc4c(c-2c31)c1ccccc1n4-c1nc2ccccc2nc1-c1ccc2sc3ccccc3c2c1. The topological polar surface area (TPSA) is 35.6 Å². The highest BCUT2D eigenvalue weighted by molar-refractivity contribution is 7.25. The predicted molar refractivity (Wildman–Crippen MR) is 231 cm³/mol. The molecule has 0 aliphatic carbocycles. The minimum absolute atomic E-state index is 0.823. The lowest BCUT2D eigenvalue weighted by Crippen LogP contribution is -2.04. The quantitative estimate of drug-likeness (QED) is 0.179. The molecular weight excluding hydrogens is 689 g/mol. The Labute approximate surface area is 318 Å². The first-order valence-electron chi connectivity index (χ1n) is 18.7. The van der Waals surface area contributed by atoms with Crippen LogP contribution in [0.3, 0.4) is 0 Å². The van der Waals surface area contributed by atoms with E-state index in [1.54, 1.807) is 0 Å². The van der Waals surface area contributed by atoms with Crippen molar-refractivity contribution in [3.05, 3.63) is 170 Å². The normalized spacial score (nSPS) is 12.4. The minimum Gasteiger partial charge on any atom is -0.308 e. The molecule has 5 heteroatoms. The van der Waals surface area contributed by atoms with Gasteiger partial charge in [-0.1, -0.05) is 115 Å². The van der Waals surface area contributed by atoms with Gasteiger partial charge in [0.1, 0.15) is 5.69 Å². The average Bonchev–Trinajstić information content (AvgIpc) is 3.87. The van der Waals surface area contributed by atoms with Crippen LogP contribution in [0.4, 0.5) is 0 Å². The maximum absolute atomic E-state index is 5.53. The predicted octanol–water partition coefficient (Wildman–Crippen LogP) is 13.5. The number of hydrogen-bond acceptors (Lipinski definition) is 3. The molecule has 1 aliphatic rings. The molecule has 0 saturated carbocycles.